The molecule has 0 bridgehead atoms. The molecular weight excluding hydrogens is 326 g/mol. The minimum atomic E-state index is 0.206. The summed E-state index contributed by atoms with van der Waals surface area (Å²) in [4.78, 5) is 9.42. The van der Waals surface area contributed by atoms with Crippen LogP contribution in [0.4, 0.5) is 5.82 Å². The molecule has 1 aliphatic rings. The Morgan fingerprint density at radius 1 is 1.17 bits per heavy atom. The zero-order valence-electron chi connectivity index (χ0n) is 13.6. The maximum atomic E-state index is 9.10. The molecule has 7 heteroatoms. The summed E-state index contributed by atoms with van der Waals surface area (Å²) in [5.74, 6) is 0.962. The lowest BCUT2D eigenvalue weighted by Gasteiger charge is -2.35. The highest BCUT2D eigenvalue weighted by Crippen LogP contribution is 2.30. The van der Waals surface area contributed by atoms with E-state index in [-0.39, 0.29) is 6.61 Å². The fourth-order valence-electron chi connectivity index (χ4n) is 3.33. The van der Waals surface area contributed by atoms with E-state index in [4.69, 9.17) is 21.7 Å². The SMILES string of the molecule is Cc1nn2c(nc(N3CCN(CCO)CC3)c3ccccc32)c1Cl. The van der Waals surface area contributed by atoms with Crippen LogP contribution in [0.1, 0.15) is 5.69 Å². The Labute approximate surface area is 145 Å². The molecule has 1 aliphatic heterocycles. The first-order valence-corrected chi connectivity index (χ1v) is 8.58. The van der Waals surface area contributed by atoms with Crippen LogP contribution in [0.15, 0.2) is 24.3 Å². The van der Waals surface area contributed by atoms with Crippen LogP contribution in [0, 0.1) is 6.92 Å². The van der Waals surface area contributed by atoms with Gasteiger partial charge >= 0.3 is 0 Å². The van der Waals surface area contributed by atoms with Crippen molar-refractivity contribution in [2.45, 2.75) is 6.92 Å². The third-order valence-corrected chi connectivity index (χ3v) is 5.08. The van der Waals surface area contributed by atoms with Crippen molar-refractivity contribution in [1.82, 2.24) is 19.5 Å². The molecule has 0 amide bonds. The van der Waals surface area contributed by atoms with Gasteiger partial charge in [-0.25, -0.2) is 9.50 Å². The summed E-state index contributed by atoms with van der Waals surface area (Å²) in [7, 11) is 0. The first-order chi connectivity index (χ1) is 11.7. The molecule has 0 unspecified atom stereocenters. The smallest absolute Gasteiger partial charge is 0.176 e. The Morgan fingerprint density at radius 3 is 2.67 bits per heavy atom. The number of fused-ring (bicyclic) bond motifs is 3. The summed E-state index contributed by atoms with van der Waals surface area (Å²) >= 11 is 6.42. The van der Waals surface area contributed by atoms with Crippen molar-refractivity contribution in [1.29, 1.82) is 0 Å². The number of hydrogen-bond donors (Lipinski definition) is 1. The van der Waals surface area contributed by atoms with Gasteiger partial charge in [-0.05, 0) is 19.1 Å². The number of β-amino-alcohol motifs (C(OH)–C–C–N with tert-alkyl or cyclic N) is 1. The Kier molecular flexibility index (Phi) is 4.04. The van der Waals surface area contributed by atoms with E-state index in [2.05, 4.69) is 27.0 Å². The summed E-state index contributed by atoms with van der Waals surface area (Å²) in [5.41, 5.74) is 2.52. The van der Waals surface area contributed by atoms with E-state index in [9.17, 15) is 0 Å². The number of nitrogens with zero attached hydrogens (tertiary/aromatic N) is 5. The summed E-state index contributed by atoms with van der Waals surface area (Å²) in [5, 5.41) is 15.3. The zero-order chi connectivity index (χ0) is 16.7. The van der Waals surface area contributed by atoms with Gasteiger partial charge in [-0.3, -0.25) is 4.90 Å². The normalized spacial score (nSPS) is 16.4. The highest BCUT2D eigenvalue weighted by molar-refractivity contribution is 6.34. The number of para-hydroxylation sites is 1. The fourth-order valence-corrected chi connectivity index (χ4v) is 3.49. The standard InChI is InChI=1S/C17H20ClN5O/c1-12-15(18)17-19-16(22-8-6-21(7-9-22)10-11-24)13-4-2-3-5-14(13)23(17)20-12/h2-5,24H,6-11H2,1H3. The van der Waals surface area contributed by atoms with Crippen LogP contribution < -0.4 is 4.90 Å². The molecule has 1 aromatic carbocycles. The second-order valence-corrected chi connectivity index (χ2v) is 6.52. The van der Waals surface area contributed by atoms with Crippen LogP contribution in [-0.4, -0.2) is 63.9 Å². The minimum absolute atomic E-state index is 0.206. The molecular formula is C17H20ClN5O. The number of benzene rings is 1. The third-order valence-electron chi connectivity index (χ3n) is 4.64. The quantitative estimate of drug-likeness (QED) is 0.786. The number of halogens is 1. The number of hydrogen-bond acceptors (Lipinski definition) is 5. The van der Waals surface area contributed by atoms with E-state index >= 15 is 0 Å². The highest BCUT2D eigenvalue weighted by Gasteiger charge is 2.22. The van der Waals surface area contributed by atoms with Crippen molar-refractivity contribution in [3.63, 3.8) is 0 Å². The van der Waals surface area contributed by atoms with Gasteiger partial charge in [0.2, 0.25) is 0 Å². The topological polar surface area (TPSA) is 56.9 Å². The number of aryl methyl sites for hydroxylation is 1. The van der Waals surface area contributed by atoms with E-state index in [0.29, 0.717) is 10.7 Å². The predicted molar refractivity (Wildman–Crippen MR) is 96.0 cm³/mol. The average molecular weight is 346 g/mol. The second-order valence-electron chi connectivity index (χ2n) is 6.14. The molecule has 1 fully saturated rings. The first kappa shape index (κ1) is 15.6. The molecule has 24 heavy (non-hydrogen) atoms. The molecule has 0 aliphatic carbocycles. The molecule has 3 aromatic rings. The molecule has 0 spiro atoms. The van der Waals surface area contributed by atoms with Crippen LogP contribution in [-0.2, 0) is 0 Å². The van der Waals surface area contributed by atoms with Gasteiger partial charge in [0, 0.05) is 38.1 Å². The van der Waals surface area contributed by atoms with Crippen LogP contribution in [0.3, 0.4) is 0 Å². The van der Waals surface area contributed by atoms with Gasteiger partial charge in [-0.1, -0.05) is 23.7 Å². The second kappa shape index (κ2) is 6.20. The average Bonchev–Trinajstić information content (AvgIpc) is 2.90. The van der Waals surface area contributed by atoms with E-state index in [0.717, 1.165) is 55.1 Å². The van der Waals surface area contributed by atoms with Crippen molar-refractivity contribution in [3.8, 4) is 0 Å². The summed E-state index contributed by atoms with van der Waals surface area (Å²) in [6, 6.07) is 8.18. The van der Waals surface area contributed by atoms with Crippen LogP contribution in [0.5, 0.6) is 0 Å². The van der Waals surface area contributed by atoms with Gasteiger partial charge in [0.1, 0.15) is 10.8 Å². The predicted octanol–water partition coefficient (Wildman–Crippen LogP) is 1.96. The maximum absolute atomic E-state index is 9.10. The van der Waals surface area contributed by atoms with Crippen LogP contribution in [0.2, 0.25) is 5.02 Å². The lowest BCUT2D eigenvalue weighted by molar-refractivity contribution is 0.188. The number of aromatic nitrogens is 3. The molecule has 0 radical (unpaired) electrons. The summed E-state index contributed by atoms with van der Waals surface area (Å²) in [6.45, 7) is 6.46. The van der Waals surface area contributed by atoms with E-state index in [1.165, 1.54) is 0 Å². The number of anilines is 1. The van der Waals surface area contributed by atoms with E-state index in [1.54, 1.807) is 0 Å². The van der Waals surface area contributed by atoms with Gasteiger partial charge in [-0.2, -0.15) is 5.10 Å². The first-order valence-electron chi connectivity index (χ1n) is 8.21. The largest absolute Gasteiger partial charge is 0.395 e. The molecule has 4 rings (SSSR count). The molecule has 2 aromatic heterocycles. The van der Waals surface area contributed by atoms with Crippen molar-refractivity contribution < 1.29 is 5.11 Å². The molecule has 126 valence electrons. The Balaban J connectivity index is 1.81. The summed E-state index contributed by atoms with van der Waals surface area (Å²) < 4.78 is 1.83. The zero-order valence-corrected chi connectivity index (χ0v) is 14.4. The number of rotatable bonds is 3. The lowest BCUT2D eigenvalue weighted by atomic mass is 10.2. The Bertz CT molecular complexity index is 885. The minimum Gasteiger partial charge on any atom is -0.395 e. The molecule has 0 atom stereocenters. The van der Waals surface area contributed by atoms with Crippen molar-refractivity contribution >= 4 is 34.0 Å². The number of piperazine rings is 1. The van der Waals surface area contributed by atoms with E-state index in [1.807, 2.05) is 23.6 Å². The maximum Gasteiger partial charge on any atom is 0.176 e. The van der Waals surface area contributed by atoms with Crippen molar-refractivity contribution in [3.05, 3.63) is 35.0 Å². The molecule has 0 saturated carbocycles. The van der Waals surface area contributed by atoms with Gasteiger partial charge < -0.3 is 10.0 Å². The van der Waals surface area contributed by atoms with E-state index < -0.39 is 0 Å². The van der Waals surface area contributed by atoms with Crippen LogP contribution >= 0.6 is 11.6 Å². The fraction of sp³-hybridized carbons (Fsp3) is 0.412. The highest BCUT2D eigenvalue weighted by atomic mass is 35.5. The summed E-state index contributed by atoms with van der Waals surface area (Å²) in [6.07, 6.45) is 0. The molecule has 6 nitrogen and oxygen atoms in total. The van der Waals surface area contributed by atoms with Gasteiger partial charge in [0.25, 0.3) is 0 Å². The number of aliphatic hydroxyl groups excluding tert-OH is 1. The monoisotopic (exact) mass is 345 g/mol. The van der Waals surface area contributed by atoms with Gasteiger partial charge in [-0.15, -0.1) is 0 Å². The molecule has 1 N–H and O–H groups in total. The molecule has 1 saturated heterocycles. The van der Waals surface area contributed by atoms with Crippen molar-refractivity contribution in [2.75, 3.05) is 44.2 Å². The van der Waals surface area contributed by atoms with Gasteiger partial charge in [0.15, 0.2) is 5.65 Å². The Morgan fingerprint density at radius 2 is 1.92 bits per heavy atom. The number of aliphatic hydroxyl groups is 1. The Hall–Kier alpha value is -1.89. The van der Waals surface area contributed by atoms with Gasteiger partial charge in [0.05, 0.1) is 17.8 Å². The van der Waals surface area contributed by atoms with Crippen LogP contribution in [0.25, 0.3) is 16.6 Å². The van der Waals surface area contributed by atoms with Crippen molar-refractivity contribution in [2.24, 2.45) is 0 Å². The molecule has 3 heterocycles. The third kappa shape index (κ3) is 2.51. The lowest BCUT2D eigenvalue weighted by Crippen LogP contribution is -2.47.